The van der Waals surface area contributed by atoms with Gasteiger partial charge in [-0.1, -0.05) is 19.9 Å². The van der Waals surface area contributed by atoms with Crippen molar-refractivity contribution in [2.45, 2.75) is 39.0 Å². The zero-order chi connectivity index (χ0) is 19.4. The third kappa shape index (κ3) is 7.12. The van der Waals surface area contributed by atoms with Gasteiger partial charge in [-0.2, -0.15) is 0 Å². The Balaban J connectivity index is 2.55. The first kappa shape index (κ1) is 22.1. The Labute approximate surface area is 158 Å². The fraction of sp³-hybridized carbons (Fsp3) is 0.650. The summed E-state index contributed by atoms with van der Waals surface area (Å²) in [5.74, 6) is 2.30. The zero-order valence-corrected chi connectivity index (χ0v) is 17.1. The first-order valence-electron chi connectivity index (χ1n) is 9.23. The Morgan fingerprint density at radius 1 is 1.08 bits per heavy atom. The highest BCUT2D eigenvalue weighted by molar-refractivity contribution is 5.79. The molecule has 0 aliphatic heterocycles. The number of nitrogens with one attached hydrogen (secondary N) is 2. The maximum Gasteiger partial charge on any atom is 0.191 e. The van der Waals surface area contributed by atoms with Crippen molar-refractivity contribution in [3.05, 3.63) is 23.8 Å². The molecule has 6 heteroatoms. The van der Waals surface area contributed by atoms with Crippen LogP contribution >= 0.6 is 0 Å². The molecule has 0 saturated heterocycles. The molecular weight excluding hydrogens is 330 g/mol. The summed E-state index contributed by atoms with van der Waals surface area (Å²) >= 11 is 0. The van der Waals surface area contributed by atoms with Crippen molar-refractivity contribution in [3.63, 3.8) is 0 Å². The second-order valence-corrected chi connectivity index (χ2v) is 6.71. The van der Waals surface area contributed by atoms with Crippen molar-refractivity contribution in [3.8, 4) is 11.5 Å². The lowest BCUT2D eigenvalue weighted by Gasteiger charge is -2.27. The van der Waals surface area contributed by atoms with E-state index in [1.54, 1.807) is 21.3 Å². The number of nitrogens with zero attached hydrogens (tertiary/aromatic N) is 1. The summed E-state index contributed by atoms with van der Waals surface area (Å²) in [4.78, 5) is 4.30. The van der Waals surface area contributed by atoms with Crippen molar-refractivity contribution < 1.29 is 14.2 Å². The lowest BCUT2D eigenvalue weighted by molar-refractivity contribution is 0.143. The van der Waals surface area contributed by atoms with E-state index < -0.39 is 0 Å². The number of unbranched alkanes of at least 4 members (excludes halogenated alkanes) is 1. The SMILES string of the molecule is CCOCCCCNC(=NC)NCC(C)(C)c1ccc(OC)c(OC)c1. The maximum absolute atomic E-state index is 5.42. The summed E-state index contributed by atoms with van der Waals surface area (Å²) in [6.45, 7) is 9.63. The Bertz CT molecular complexity index is 559. The van der Waals surface area contributed by atoms with Crippen LogP contribution in [0.15, 0.2) is 23.2 Å². The van der Waals surface area contributed by atoms with Crippen LogP contribution in [0.3, 0.4) is 0 Å². The topological polar surface area (TPSA) is 64.1 Å². The molecule has 0 aliphatic rings. The van der Waals surface area contributed by atoms with Gasteiger partial charge >= 0.3 is 0 Å². The van der Waals surface area contributed by atoms with Gasteiger partial charge in [0.2, 0.25) is 0 Å². The maximum atomic E-state index is 5.42. The summed E-state index contributed by atoms with van der Waals surface area (Å²) in [6.07, 6.45) is 2.11. The van der Waals surface area contributed by atoms with Crippen LogP contribution in [0.4, 0.5) is 0 Å². The lowest BCUT2D eigenvalue weighted by Crippen LogP contribution is -2.43. The highest BCUT2D eigenvalue weighted by atomic mass is 16.5. The van der Waals surface area contributed by atoms with Crippen LogP contribution in [0.2, 0.25) is 0 Å². The number of rotatable bonds is 11. The van der Waals surface area contributed by atoms with Gasteiger partial charge < -0.3 is 24.8 Å². The molecule has 0 fully saturated rings. The fourth-order valence-electron chi connectivity index (χ4n) is 2.56. The number of hydrogen-bond donors (Lipinski definition) is 2. The zero-order valence-electron chi connectivity index (χ0n) is 17.1. The van der Waals surface area contributed by atoms with Crippen LogP contribution in [0.25, 0.3) is 0 Å². The molecule has 0 aliphatic carbocycles. The van der Waals surface area contributed by atoms with Crippen LogP contribution < -0.4 is 20.1 Å². The van der Waals surface area contributed by atoms with E-state index in [-0.39, 0.29) is 5.41 Å². The summed E-state index contributed by atoms with van der Waals surface area (Å²) in [5, 5.41) is 6.76. The van der Waals surface area contributed by atoms with Gasteiger partial charge in [-0.15, -0.1) is 0 Å². The monoisotopic (exact) mass is 365 g/mol. The Morgan fingerprint density at radius 3 is 2.42 bits per heavy atom. The van der Waals surface area contributed by atoms with Crippen molar-refractivity contribution in [2.75, 3.05) is 47.6 Å². The summed E-state index contributed by atoms with van der Waals surface area (Å²) in [7, 11) is 5.09. The van der Waals surface area contributed by atoms with Crippen LogP contribution in [-0.4, -0.2) is 53.5 Å². The predicted octanol–water partition coefficient (Wildman–Crippen LogP) is 2.96. The van der Waals surface area contributed by atoms with Crippen LogP contribution in [0.1, 0.15) is 39.2 Å². The van der Waals surface area contributed by atoms with Gasteiger partial charge in [0.1, 0.15) is 0 Å². The predicted molar refractivity (Wildman–Crippen MR) is 108 cm³/mol. The Morgan fingerprint density at radius 2 is 1.81 bits per heavy atom. The van der Waals surface area contributed by atoms with Gasteiger partial charge in [0.15, 0.2) is 17.5 Å². The van der Waals surface area contributed by atoms with E-state index in [1.165, 1.54) is 5.56 Å². The van der Waals surface area contributed by atoms with E-state index in [4.69, 9.17) is 14.2 Å². The summed E-state index contributed by atoms with van der Waals surface area (Å²) in [5.41, 5.74) is 1.08. The highest BCUT2D eigenvalue weighted by Gasteiger charge is 2.22. The van der Waals surface area contributed by atoms with Crippen molar-refractivity contribution >= 4 is 5.96 Å². The second-order valence-electron chi connectivity index (χ2n) is 6.71. The van der Waals surface area contributed by atoms with E-state index in [0.717, 1.165) is 56.6 Å². The number of benzene rings is 1. The van der Waals surface area contributed by atoms with Gasteiger partial charge in [-0.25, -0.2) is 0 Å². The molecule has 0 radical (unpaired) electrons. The molecule has 0 aromatic heterocycles. The van der Waals surface area contributed by atoms with Gasteiger partial charge in [0.05, 0.1) is 14.2 Å². The molecule has 0 saturated carbocycles. The molecule has 26 heavy (non-hydrogen) atoms. The Kier molecular flexibility index (Phi) is 9.88. The van der Waals surface area contributed by atoms with Gasteiger partial charge in [0, 0.05) is 38.8 Å². The van der Waals surface area contributed by atoms with Gasteiger partial charge in [-0.05, 0) is 37.5 Å². The molecule has 0 spiro atoms. The van der Waals surface area contributed by atoms with Gasteiger partial charge in [-0.3, -0.25) is 4.99 Å². The average Bonchev–Trinajstić information content (AvgIpc) is 2.66. The minimum absolute atomic E-state index is 0.0911. The molecule has 0 atom stereocenters. The van der Waals surface area contributed by atoms with Crippen molar-refractivity contribution in [2.24, 2.45) is 4.99 Å². The molecule has 2 N–H and O–H groups in total. The number of hydrogen-bond acceptors (Lipinski definition) is 4. The molecule has 1 aromatic rings. The number of ether oxygens (including phenoxy) is 3. The molecule has 1 aromatic carbocycles. The summed E-state index contributed by atoms with van der Waals surface area (Å²) < 4.78 is 16.1. The van der Waals surface area contributed by atoms with Crippen LogP contribution in [0.5, 0.6) is 11.5 Å². The second kappa shape index (κ2) is 11.6. The molecule has 1 rings (SSSR count). The van der Waals surface area contributed by atoms with E-state index in [2.05, 4.69) is 35.5 Å². The minimum Gasteiger partial charge on any atom is -0.493 e. The summed E-state index contributed by atoms with van der Waals surface area (Å²) in [6, 6.07) is 6.05. The Hall–Kier alpha value is -1.95. The number of methoxy groups -OCH3 is 2. The molecule has 0 unspecified atom stereocenters. The van der Waals surface area contributed by atoms with Gasteiger partial charge in [0.25, 0.3) is 0 Å². The standard InChI is InChI=1S/C20H35N3O3/c1-7-26-13-9-8-12-22-19(21-4)23-15-20(2,3)16-10-11-17(24-5)18(14-16)25-6/h10-11,14H,7-9,12-13,15H2,1-6H3,(H2,21,22,23). The fourth-order valence-corrected chi connectivity index (χ4v) is 2.56. The third-order valence-corrected chi connectivity index (χ3v) is 4.30. The molecule has 0 heterocycles. The average molecular weight is 366 g/mol. The van der Waals surface area contributed by atoms with E-state index >= 15 is 0 Å². The third-order valence-electron chi connectivity index (χ3n) is 4.30. The molecule has 0 amide bonds. The van der Waals surface area contributed by atoms with Crippen molar-refractivity contribution in [1.29, 1.82) is 0 Å². The quantitative estimate of drug-likeness (QED) is 0.359. The van der Waals surface area contributed by atoms with E-state index in [1.807, 2.05) is 19.1 Å². The minimum atomic E-state index is -0.0911. The smallest absolute Gasteiger partial charge is 0.191 e. The lowest BCUT2D eigenvalue weighted by atomic mass is 9.84. The van der Waals surface area contributed by atoms with Crippen LogP contribution in [0, 0.1) is 0 Å². The van der Waals surface area contributed by atoms with Crippen molar-refractivity contribution in [1.82, 2.24) is 10.6 Å². The number of guanidine groups is 1. The highest BCUT2D eigenvalue weighted by Crippen LogP contribution is 2.32. The largest absolute Gasteiger partial charge is 0.493 e. The molecule has 148 valence electrons. The number of aliphatic imine (C=N–C) groups is 1. The normalized spacial score (nSPS) is 12.0. The van der Waals surface area contributed by atoms with E-state index in [9.17, 15) is 0 Å². The first-order valence-corrected chi connectivity index (χ1v) is 9.23. The first-order chi connectivity index (χ1) is 12.5. The van der Waals surface area contributed by atoms with E-state index in [0.29, 0.717) is 0 Å². The van der Waals surface area contributed by atoms with Crippen LogP contribution in [-0.2, 0) is 10.2 Å². The molecule has 0 bridgehead atoms. The molecular formula is C20H35N3O3. The molecule has 6 nitrogen and oxygen atoms in total.